The van der Waals surface area contributed by atoms with Gasteiger partial charge in [0.25, 0.3) is 0 Å². The number of nitrogens with one attached hydrogen (secondary N) is 1. The number of pyridine rings is 1. The lowest BCUT2D eigenvalue weighted by Gasteiger charge is -2.22. The highest BCUT2D eigenvalue weighted by molar-refractivity contribution is 8.00. The van der Waals surface area contributed by atoms with Crippen molar-refractivity contribution in [3.63, 3.8) is 0 Å². The lowest BCUT2D eigenvalue weighted by molar-refractivity contribution is 0.340. The van der Waals surface area contributed by atoms with Crippen molar-refractivity contribution in [2.75, 3.05) is 43.4 Å². The van der Waals surface area contributed by atoms with Crippen molar-refractivity contribution >= 4 is 35.1 Å². The van der Waals surface area contributed by atoms with E-state index in [0.29, 0.717) is 11.7 Å². The molecular formula is C19H24ClFN4S. The standard InChI is InChI=1S/C19H24ClFN4S/c1-13-9-16(25-8-7-14(12-25)11-24(2)3)15(20)10-17(13)26-23-19-6-4-5-18(21)22-19/h4-6,9-10,14H,7-8,11-12H2,1-3H3,(H,22,23)/t14-/m0/s1. The molecule has 26 heavy (non-hydrogen) atoms. The van der Waals surface area contributed by atoms with Gasteiger partial charge in [0.2, 0.25) is 5.95 Å². The maximum atomic E-state index is 13.2. The molecule has 0 unspecified atom stereocenters. The van der Waals surface area contributed by atoms with E-state index in [1.165, 1.54) is 24.4 Å². The van der Waals surface area contributed by atoms with E-state index < -0.39 is 5.95 Å². The summed E-state index contributed by atoms with van der Waals surface area (Å²) in [6, 6.07) is 8.81. The van der Waals surface area contributed by atoms with Crippen LogP contribution in [0.25, 0.3) is 0 Å². The highest BCUT2D eigenvalue weighted by atomic mass is 35.5. The minimum absolute atomic E-state index is 0.487. The Morgan fingerprint density at radius 3 is 2.92 bits per heavy atom. The summed E-state index contributed by atoms with van der Waals surface area (Å²) >= 11 is 7.97. The molecule has 1 aromatic heterocycles. The molecule has 7 heteroatoms. The van der Waals surface area contributed by atoms with Crippen LogP contribution in [0.5, 0.6) is 0 Å². The van der Waals surface area contributed by atoms with Gasteiger partial charge in [0.15, 0.2) is 0 Å². The summed E-state index contributed by atoms with van der Waals surface area (Å²) in [7, 11) is 4.23. The van der Waals surface area contributed by atoms with E-state index >= 15 is 0 Å². The van der Waals surface area contributed by atoms with Gasteiger partial charge in [-0.3, -0.25) is 0 Å². The van der Waals surface area contributed by atoms with Gasteiger partial charge < -0.3 is 14.5 Å². The van der Waals surface area contributed by atoms with Crippen LogP contribution in [0.4, 0.5) is 15.9 Å². The van der Waals surface area contributed by atoms with Gasteiger partial charge in [0.05, 0.1) is 10.7 Å². The Morgan fingerprint density at radius 1 is 1.38 bits per heavy atom. The minimum Gasteiger partial charge on any atom is -0.370 e. The van der Waals surface area contributed by atoms with Crippen molar-refractivity contribution < 1.29 is 4.39 Å². The number of hydrogen-bond acceptors (Lipinski definition) is 5. The van der Waals surface area contributed by atoms with Gasteiger partial charge in [0, 0.05) is 24.5 Å². The third kappa shape index (κ3) is 4.81. The van der Waals surface area contributed by atoms with Crippen LogP contribution in [0, 0.1) is 18.8 Å². The fourth-order valence-corrected chi connectivity index (χ4v) is 4.36. The Bertz CT molecular complexity index is 771. The average molecular weight is 395 g/mol. The number of aryl methyl sites for hydroxylation is 1. The number of halogens is 2. The number of nitrogens with zero attached hydrogens (tertiary/aromatic N) is 3. The van der Waals surface area contributed by atoms with Crippen molar-refractivity contribution in [2.45, 2.75) is 18.2 Å². The van der Waals surface area contributed by atoms with Crippen molar-refractivity contribution in [3.05, 3.63) is 46.9 Å². The molecule has 0 spiro atoms. The topological polar surface area (TPSA) is 31.4 Å². The maximum Gasteiger partial charge on any atom is 0.214 e. The van der Waals surface area contributed by atoms with Crippen LogP contribution in [-0.4, -0.2) is 43.6 Å². The molecular weight excluding hydrogens is 371 g/mol. The first-order valence-corrected chi connectivity index (χ1v) is 9.87. The molecule has 4 nitrogen and oxygen atoms in total. The first kappa shape index (κ1) is 19.3. The molecule has 1 N–H and O–H groups in total. The third-order valence-corrected chi connectivity index (χ3v) is 5.75. The summed E-state index contributed by atoms with van der Waals surface area (Å²) in [4.78, 5) is 9.43. The predicted octanol–water partition coefficient (Wildman–Crippen LogP) is 4.69. The molecule has 1 aromatic carbocycles. The molecule has 0 aliphatic carbocycles. The van der Waals surface area contributed by atoms with Crippen molar-refractivity contribution in [2.24, 2.45) is 5.92 Å². The number of rotatable bonds is 6. The number of anilines is 2. The Hall–Kier alpha value is -1.50. The van der Waals surface area contributed by atoms with Gasteiger partial charge in [0.1, 0.15) is 5.82 Å². The minimum atomic E-state index is -0.498. The lowest BCUT2D eigenvalue weighted by Crippen LogP contribution is -2.25. The summed E-state index contributed by atoms with van der Waals surface area (Å²) < 4.78 is 16.3. The highest BCUT2D eigenvalue weighted by Crippen LogP contribution is 2.36. The SMILES string of the molecule is Cc1cc(N2CC[C@@H](CN(C)C)C2)c(Cl)cc1SNc1cccc(F)n1. The van der Waals surface area contributed by atoms with Gasteiger partial charge in [-0.05, 0) is 75.1 Å². The highest BCUT2D eigenvalue weighted by Gasteiger charge is 2.25. The van der Waals surface area contributed by atoms with Gasteiger partial charge >= 0.3 is 0 Å². The van der Waals surface area contributed by atoms with Crippen LogP contribution in [0.1, 0.15) is 12.0 Å². The molecule has 0 bridgehead atoms. The van der Waals surface area contributed by atoms with Crippen molar-refractivity contribution in [1.29, 1.82) is 0 Å². The fourth-order valence-electron chi connectivity index (χ4n) is 3.29. The molecule has 2 aromatic rings. The van der Waals surface area contributed by atoms with Gasteiger partial charge in [-0.1, -0.05) is 17.7 Å². The third-order valence-electron chi connectivity index (χ3n) is 4.47. The van der Waals surface area contributed by atoms with Crippen LogP contribution in [0.15, 0.2) is 35.2 Å². The van der Waals surface area contributed by atoms with Crippen molar-refractivity contribution in [3.8, 4) is 0 Å². The fraction of sp³-hybridized carbons (Fsp3) is 0.421. The quantitative estimate of drug-likeness (QED) is 0.567. The Morgan fingerprint density at radius 2 is 2.19 bits per heavy atom. The van der Waals surface area contributed by atoms with E-state index in [4.69, 9.17) is 11.6 Å². The van der Waals surface area contributed by atoms with Gasteiger partial charge in [-0.25, -0.2) is 4.98 Å². The number of aromatic nitrogens is 1. The molecule has 0 amide bonds. The first-order valence-electron chi connectivity index (χ1n) is 8.67. The second-order valence-electron chi connectivity index (χ2n) is 6.98. The molecule has 0 radical (unpaired) electrons. The smallest absolute Gasteiger partial charge is 0.214 e. The predicted molar refractivity (Wildman–Crippen MR) is 109 cm³/mol. The first-order chi connectivity index (χ1) is 12.4. The maximum absolute atomic E-state index is 13.2. The van der Waals surface area contributed by atoms with E-state index in [1.54, 1.807) is 12.1 Å². The van der Waals surface area contributed by atoms with Crippen molar-refractivity contribution in [1.82, 2.24) is 9.88 Å². The molecule has 1 atom stereocenters. The van der Waals surface area contributed by atoms with Crippen LogP contribution in [0.2, 0.25) is 5.02 Å². The van der Waals surface area contributed by atoms with Gasteiger partial charge in [-0.15, -0.1) is 0 Å². The molecule has 3 rings (SSSR count). The van der Waals surface area contributed by atoms with E-state index in [1.807, 2.05) is 6.07 Å². The van der Waals surface area contributed by atoms with Crippen LogP contribution < -0.4 is 9.62 Å². The largest absolute Gasteiger partial charge is 0.370 e. The number of hydrogen-bond donors (Lipinski definition) is 1. The van der Waals surface area contributed by atoms with Crippen LogP contribution in [-0.2, 0) is 0 Å². The Labute approximate surface area is 163 Å². The zero-order valence-electron chi connectivity index (χ0n) is 15.3. The summed E-state index contributed by atoms with van der Waals surface area (Å²) in [6.45, 7) is 5.24. The van der Waals surface area contributed by atoms with E-state index in [0.717, 1.165) is 40.8 Å². The summed E-state index contributed by atoms with van der Waals surface area (Å²) in [5, 5.41) is 0.748. The van der Waals surface area contributed by atoms with E-state index in [-0.39, 0.29) is 0 Å². The molecule has 0 saturated carbocycles. The molecule has 2 heterocycles. The van der Waals surface area contributed by atoms with Crippen LogP contribution >= 0.6 is 23.5 Å². The second kappa shape index (κ2) is 8.46. The van der Waals surface area contributed by atoms with Gasteiger partial charge in [-0.2, -0.15) is 4.39 Å². The zero-order chi connectivity index (χ0) is 18.7. The Kier molecular flexibility index (Phi) is 6.27. The number of benzene rings is 1. The molecule has 1 saturated heterocycles. The zero-order valence-corrected chi connectivity index (χ0v) is 16.9. The second-order valence-corrected chi connectivity index (χ2v) is 8.24. The van der Waals surface area contributed by atoms with E-state index in [2.05, 4.69) is 46.6 Å². The summed E-state index contributed by atoms with van der Waals surface area (Å²) in [5.74, 6) is 0.666. The average Bonchev–Trinajstić information content (AvgIpc) is 3.02. The summed E-state index contributed by atoms with van der Waals surface area (Å²) in [6.07, 6.45) is 1.19. The molecule has 1 fully saturated rings. The Balaban J connectivity index is 1.68. The molecule has 140 valence electrons. The van der Waals surface area contributed by atoms with E-state index in [9.17, 15) is 4.39 Å². The normalized spacial score (nSPS) is 17.2. The molecule has 1 aliphatic heterocycles. The monoisotopic (exact) mass is 394 g/mol. The summed E-state index contributed by atoms with van der Waals surface area (Å²) in [5.41, 5.74) is 2.23. The lowest BCUT2D eigenvalue weighted by atomic mass is 10.1. The van der Waals surface area contributed by atoms with Crippen LogP contribution in [0.3, 0.4) is 0 Å². The molecule has 1 aliphatic rings.